The van der Waals surface area contributed by atoms with Crippen molar-refractivity contribution in [1.82, 2.24) is 24.5 Å². The third-order valence-electron chi connectivity index (χ3n) is 13.5. The molecule has 0 amide bonds. The number of furan rings is 1. The maximum atomic E-state index is 6.23. The first-order valence-corrected chi connectivity index (χ1v) is 22.9. The Bertz CT molecular complexity index is 4320. The van der Waals surface area contributed by atoms with E-state index in [9.17, 15) is 0 Å². The van der Waals surface area contributed by atoms with Crippen molar-refractivity contribution in [3.05, 3.63) is 225 Å². The number of hydrogen-bond acceptors (Lipinski definition) is 5. The Morgan fingerprint density at radius 3 is 1.74 bits per heavy atom. The Kier molecular flexibility index (Phi) is 8.48. The van der Waals surface area contributed by atoms with E-state index in [0.717, 1.165) is 60.5 Å². The van der Waals surface area contributed by atoms with Crippen LogP contribution in [0.2, 0.25) is 0 Å². The number of benzene rings is 10. The summed E-state index contributed by atoms with van der Waals surface area (Å²) in [5.74, 6) is 1.69. The highest BCUT2D eigenvalue weighted by Gasteiger charge is 2.20. The number of hydrogen-bond donors (Lipinski definition) is 0. The molecule has 68 heavy (non-hydrogen) atoms. The molecule has 0 fully saturated rings. The number of aromatic nitrogens is 5. The van der Waals surface area contributed by atoms with Crippen LogP contribution in [-0.4, -0.2) is 24.5 Å². The van der Waals surface area contributed by atoms with Crippen LogP contribution in [0.15, 0.2) is 229 Å². The molecule has 6 heteroatoms. The van der Waals surface area contributed by atoms with Crippen LogP contribution >= 0.6 is 0 Å². The summed E-state index contributed by atoms with van der Waals surface area (Å²) in [4.78, 5) is 20.3. The molecular formula is C62H37N5O. The minimum absolute atomic E-state index is 0.541. The highest BCUT2D eigenvalue weighted by atomic mass is 16.3. The number of pyridine rings is 1. The lowest BCUT2D eigenvalue weighted by Crippen LogP contribution is -2.01. The Balaban J connectivity index is 0.932. The first-order valence-electron chi connectivity index (χ1n) is 22.9. The van der Waals surface area contributed by atoms with Gasteiger partial charge in [-0.05, 0) is 121 Å². The number of rotatable bonds is 6. The summed E-state index contributed by atoms with van der Waals surface area (Å²) in [6.45, 7) is 0. The molecule has 0 bridgehead atoms. The molecular weight excluding hydrogens is 831 g/mol. The van der Waals surface area contributed by atoms with E-state index in [-0.39, 0.29) is 0 Å². The number of fused-ring (bicyclic) bond motifs is 10. The van der Waals surface area contributed by atoms with Crippen molar-refractivity contribution in [1.29, 1.82) is 0 Å². The van der Waals surface area contributed by atoms with Gasteiger partial charge in [-0.2, -0.15) is 0 Å². The van der Waals surface area contributed by atoms with Gasteiger partial charge in [-0.15, -0.1) is 0 Å². The fourth-order valence-corrected chi connectivity index (χ4v) is 10.2. The molecule has 10 aromatic carbocycles. The largest absolute Gasteiger partial charge is 0.438 e. The van der Waals surface area contributed by atoms with Crippen molar-refractivity contribution < 1.29 is 4.42 Å². The van der Waals surface area contributed by atoms with Gasteiger partial charge in [-0.25, -0.2) is 19.9 Å². The predicted octanol–water partition coefficient (Wildman–Crippen LogP) is 16.1. The topological polar surface area (TPSA) is 69.6 Å². The van der Waals surface area contributed by atoms with Gasteiger partial charge in [-0.3, -0.25) is 0 Å². The zero-order valence-corrected chi connectivity index (χ0v) is 36.5. The molecule has 0 aliphatic heterocycles. The van der Waals surface area contributed by atoms with Gasteiger partial charge < -0.3 is 8.98 Å². The molecule has 316 valence electrons. The summed E-state index contributed by atoms with van der Waals surface area (Å²) < 4.78 is 8.63. The minimum atomic E-state index is 0.541. The van der Waals surface area contributed by atoms with Crippen LogP contribution < -0.4 is 0 Å². The van der Waals surface area contributed by atoms with E-state index in [0.29, 0.717) is 23.2 Å². The fourth-order valence-electron chi connectivity index (χ4n) is 10.2. The van der Waals surface area contributed by atoms with Crippen LogP contribution in [0.1, 0.15) is 0 Å². The van der Waals surface area contributed by atoms with E-state index in [1.807, 2.05) is 30.3 Å². The molecule has 4 aromatic heterocycles. The van der Waals surface area contributed by atoms with Crippen molar-refractivity contribution >= 4 is 76.2 Å². The lowest BCUT2D eigenvalue weighted by molar-refractivity contribution is 0.654. The van der Waals surface area contributed by atoms with Crippen LogP contribution in [0, 0.1) is 0 Å². The molecule has 14 aromatic rings. The molecule has 0 aliphatic rings. The summed E-state index contributed by atoms with van der Waals surface area (Å²) in [6.07, 6.45) is 1.76. The van der Waals surface area contributed by atoms with Gasteiger partial charge in [0.2, 0.25) is 5.71 Å². The van der Waals surface area contributed by atoms with Gasteiger partial charge >= 0.3 is 0 Å². The molecule has 0 N–H and O–H groups in total. The quantitative estimate of drug-likeness (QED) is 0.166. The van der Waals surface area contributed by atoms with Crippen molar-refractivity contribution in [2.75, 3.05) is 0 Å². The summed E-state index contributed by atoms with van der Waals surface area (Å²) >= 11 is 0. The second-order valence-corrected chi connectivity index (χ2v) is 17.4. The van der Waals surface area contributed by atoms with E-state index >= 15 is 0 Å². The van der Waals surface area contributed by atoms with E-state index < -0.39 is 0 Å². The van der Waals surface area contributed by atoms with Gasteiger partial charge in [0.1, 0.15) is 5.58 Å². The maximum Gasteiger partial charge on any atom is 0.228 e. The summed E-state index contributed by atoms with van der Waals surface area (Å²) in [5.41, 5.74) is 11.9. The lowest BCUT2D eigenvalue weighted by Gasteiger charge is -2.12. The van der Waals surface area contributed by atoms with Gasteiger partial charge in [0, 0.05) is 44.7 Å². The molecule has 0 radical (unpaired) electrons. The zero-order chi connectivity index (χ0) is 44.7. The Labute approximate surface area is 390 Å². The van der Waals surface area contributed by atoms with E-state index in [1.165, 1.54) is 54.6 Å². The smallest absolute Gasteiger partial charge is 0.228 e. The van der Waals surface area contributed by atoms with Gasteiger partial charge in [-0.1, -0.05) is 152 Å². The van der Waals surface area contributed by atoms with Gasteiger partial charge in [0.05, 0.1) is 16.4 Å². The molecule has 14 rings (SSSR count). The van der Waals surface area contributed by atoms with E-state index in [4.69, 9.17) is 19.4 Å². The first kappa shape index (κ1) is 38.1. The second kappa shape index (κ2) is 15.2. The average molecular weight is 868 g/mol. The third kappa shape index (κ3) is 6.19. The van der Waals surface area contributed by atoms with Crippen molar-refractivity contribution in [2.45, 2.75) is 0 Å². The Morgan fingerprint density at radius 1 is 0.338 bits per heavy atom. The van der Waals surface area contributed by atoms with Crippen LogP contribution in [0.25, 0.3) is 138 Å². The summed E-state index contributed by atoms with van der Waals surface area (Å²) in [6, 6.07) is 77.4. The Morgan fingerprint density at radius 2 is 0.912 bits per heavy atom. The molecule has 4 heterocycles. The monoisotopic (exact) mass is 867 g/mol. The third-order valence-corrected chi connectivity index (χ3v) is 13.5. The van der Waals surface area contributed by atoms with Crippen molar-refractivity contribution in [2.24, 2.45) is 0 Å². The SMILES string of the molecule is c1ccc(-c2ccc3cc(-c4nc(-c5ccc(-n6c7cc(-c8ccc9ccccc9c8)ccc7c7c8ccccc8ccc76)cc5)nc(-c5ccnc6oc7ccccc7c56)n4)ccc3c2)cc1. The second-order valence-electron chi connectivity index (χ2n) is 17.4. The molecule has 0 saturated carbocycles. The first-order chi connectivity index (χ1) is 33.7. The van der Waals surface area contributed by atoms with Crippen LogP contribution in [0.4, 0.5) is 0 Å². The standard InChI is InChI=1S/C62H37N5O/c1-2-10-38(11-3-1)43-20-21-46-36-48(23-22-44(46)35-43)60-64-59(65-61(66-60)53-32-33-63-62-58(53)52-16-8-9-17-56(52)68-62)41-24-28-49(29-25-41)67-54-31-27-40-13-6-7-15-50(40)57(54)51-30-26-47(37-55(51)67)45-19-18-39-12-4-5-14-42(39)34-45/h1-37H. The van der Waals surface area contributed by atoms with Gasteiger partial charge in [0.15, 0.2) is 17.5 Å². The fraction of sp³-hybridized carbons (Fsp3) is 0. The van der Waals surface area contributed by atoms with Crippen molar-refractivity contribution in [3.8, 4) is 62.1 Å². The average Bonchev–Trinajstić information content (AvgIpc) is 3.96. The van der Waals surface area contributed by atoms with Gasteiger partial charge in [0.25, 0.3) is 0 Å². The molecule has 0 saturated heterocycles. The minimum Gasteiger partial charge on any atom is -0.438 e. The van der Waals surface area contributed by atoms with E-state index in [2.05, 4.69) is 198 Å². The molecule has 6 nitrogen and oxygen atoms in total. The number of nitrogens with zero attached hydrogens (tertiary/aromatic N) is 5. The maximum absolute atomic E-state index is 6.23. The summed E-state index contributed by atoms with van der Waals surface area (Å²) in [5, 5.41) is 11.4. The van der Waals surface area contributed by atoms with Crippen LogP contribution in [0.5, 0.6) is 0 Å². The number of para-hydroxylation sites is 1. The molecule has 0 spiro atoms. The molecule has 0 atom stereocenters. The zero-order valence-electron chi connectivity index (χ0n) is 36.5. The highest BCUT2D eigenvalue weighted by Crippen LogP contribution is 2.40. The normalized spacial score (nSPS) is 11.8. The van der Waals surface area contributed by atoms with Crippen molar-refractivity contribution in [3.63, 3.8) is 0 Å². The predicted molar refractivity (Wildman–Crippen MR) is 279 cm³/mol. The summed E-state index contributed by atoms with van der Waals surface area (Å²) in [7, 11) is 0. The molecule has 0 aliphatic carbocycles. The van der Waals surface area contributed by atoms with Crippen LogP contribution in [0.3, 0.4) is 0 Å². The highest BCUT2D eigenvalue weighted by molar-refractivity contribution is 6.22. The lowest BCUT2D eigenvalue weighted by atomic mass is 9.99. The van der Waals surface area contributed by atoms with E-state index in [1.54, 1.807) is 6.20 Å². The Hall–Kier alpha value is -9.26. The van der Waals surface area contributed by atoms with Crippen LogP contribution in [-0.2, 0) is 0 Å². The molecule has 0 unspecified atom stereocenters.